The van der Waals surface area contributed by atoms with Crippen LogP contribution in [-0.2, 0) is 14.3 Å². The lowest BCUT2D eigenvalue weighted by molar-refractivity contribution is -0.143. The number of ether oxygens (including phenoxy) is 1. The monoisotopic (exact) mass is 541 g/mol. The predicted molar refractivity (Wildman–Crippen MR) is 165 cm³/mol. The first-order chi connectivity index (χ1) is 18.6. The molecule has 0 aromatic heterocycles. The van der Waals surface area contributed by atoms with E-state index in [1.807, 2.05) is 6.92 Å². The highest BCUT2D eigenvalue weighted by Gasteiger charge is 2.00. The van der Waals surface area contributed by atoms with Gasteiger partial charge in [-0.25, -0.2) is 0 Å². The fraction of sp³-hybridized carbons (Fsp3) is 0.941. The Hall–Kier alpha value is -1.06. The summed E-state index contributed by atoms with van der Waals surface area (Å²) < 4.78 is 4.91. The van der Waals surface area contributed by atoms with E-state index in [0.29, 0.717) is 19.4 Å². The van der Waals surface area contributed by atoms with Gasteiger partial charge in [0.15, 0.2) is 0 Å². The Morgan fingerprint density at radius 1 is 0.421 bits per heavy atom. The van der Waals surface area contributed by atoms with Gasteiger partial charge >= 0.3 is 11.9 Å². The van der Waals surface area contributed by atoms with Crippen LogP contribution in [0.3, 0.4) is 0 Å². The maximum atomic E-state index is 11.1. The number of aliphatic carboxylic acids is 1. The normalized spacial score (nSPS) is 10.7. The predicted octanol–water partition coefficient (Wildman–Crippen LogP) is 11.6. The standard InChI is InChI=1S/C18H36O2.C16H32O2/c1-3-5-6-7-8-9-10-11-12-13-14-15-16-17-18(19)20-4-2;1-2-3-4-5-6-7-8-9-10-11-12-13-14-15-16(17)18/h3-17H2,1-2H3;2-15H2,1H3,(H,17,18). The highest BCUT2D eigenvalue weighted by atomic mass is 16.5. The van der Waals surface area contributed by atoms with E-state index < -0.39 is 5.97 Å². The molecule has 4 nitrogen and oxygen atoms in total. The van der Waals surface area contributed by atoms with Crippen LogP contribution >= 0.6 is 0 Å². The van der Waals surface area contributed by atoms with Gasteiger partial charge in [-0.05, 0) is 19.8 Å². The molecule has 0 aliphatic carbocycles. The summed E-state index contributed by atoms with van der Waals surface area (Å²) in [6, 6.07) is 0. The Labute approximate surface area is 238 Å². The molecule has 0 atom stereocenters. The number of esters is 1. The first-order valence-corrected chi connectivity index (χ1v) is 17.0. The van der Waals surface area contributed by atoms with Crippen LogP contribution in [0.1, 0.15) is 201 Å². The minimum absolute atomic E-state index is 0.0319. The molecule has 4 heteroatoms. The van der Waals surface area contributed by atoms with Crippen molar-refractivity contribution in [2.45, 2.75) is 201 Å². The molecule has 1 N–H and O–H groups in total. The summed E-state index contributed by atoms with van der Waals surface area (Å²) in [4.78, 5) is 21.4. The number of carboxylic acid groups (broad SMARTS) is 1. The van der Waals surface area contributed by atoms with Crippen LogP contribution in [-0.4, -0.2) is 23.7 Å². The molecular formula is C34H68O4. The number of unbranched alkanes of at least 4 members (excludes halogenated alkanes) is 24. The number of hydrogen-bond acceptors (Lipinski definition) is 3. The molecule has 0 radical (unpaired) electrons. The Morgan fingerprint density at radius 3 is 0.947 bits per heavy atom. The van der Waals surface area contributed by atoms with Crippen LogP contribution in [0.4, 0.5) is 0 Å². The number of hydrogen-bond donors (Lipinski definition) is 1. The van der Waals surface area contributed by atoms with E-state index in [-0.39, 0.29) is 5.97 Å². The van der Waals surface area contributed by atoms with E-state index in [1.165, 1.54) is 148 Å². The van der Waals surface area contributed by atoms with Gasteiger partial charge in [-0.2, -0.15) is 0 Å². The van der Waals surface area contributed by atoms with Gasteiger partial charge in [-0.1, -0.05) is 168 Å². The summed E-state index contributed by atoms with van der Waals surface area (Å²) in [7, 11) is 0. The third-order valence-corrected chi connectivity index (χ3v) is 7.28. The summed E-state index contributed by atoms with van der Waals surface area (Å²) in [6.45, 7) is 6.90. The Kier molecular flexibility index (Phi) is 37.0. The summed E-state index contributed by atoms with van der Waals surface area (Å²) in [5.74, 6) is -0.686. The SMILES string of the molecule is CCCCCCCCCCCCCCCC(=O)O.CCCCCCCCCCCCCCCC(=O)OCC. The summed E-state index contributed by atoms with van der Waals surface area (Å²) >= 11 is 0. The minimum Gasteiger partial charge on any atom is -0.481 e. The summed E-state index contributed by atoms with van der Waals surface area (Å²) in [6.07, 6.45) is 35.3. The third kappa shape index (κ3) is 39.5. The van der Waals surface area contributed by atoms with Gasteiger partial charge in [0.05, 0.1) is 6.61 Å². The smallest absolute Gasteiger partial charge is 0.305 e. The van der Waals surface area contributed by atoms with Crippen molar-refractivity contribution in [2.75, 3.05) is 6.61 Å². The largest absolute Gasteiger partial charge is 0.481 e. The van der Waals surface area contributed by atoms with Gasteiger partial charge in [0, 0.05) is 12.8 Å². The average molecular weight is 541 g/mol. The fourth-order valence-electron chi connectivity index (χ4n) is 4.81. The number of carbonyl (C=O) groups excluding carboxylic acids is 1. The van der Waals surface area contributed by atoms with Crippen molar-refractivity contribution < 1.29 is 19.4 Å². The molecule has 228 valence electrons. The topological polar surface area (TPSA) is 63.6 Å². The molecule has 0 aliphatic rings. The minimum atomic E-state index is -0.655. The number of carboxylic acids is 1. The molecule has 0 saturated heterocycles. The Balaban J connectivity index is 0. The molecule has 0 aromatic carbocycles. The molecule has 0 saturated carbocycles. The fourth-order valence-corrected chi connectivity index (χ4v) is 4.81. The van der Waals surface area contributed by atoms with Crippen molar-refractivity contribution in [1.82, 2.24) is 0 Å². The van der Waals surface area contributed by atoms with Gasteiger partial charge in [0.1, 0.15) is 0 Å². The van der Waals surface area contributed by atoms with Crippen molar-refractivity contribution in [3.63, 3.8) is 0 Å². The van der Waals surface area contributed by atoms with E-state index in [4.69, 9.17) is 9.84 Å². The van der Waals surface area contributed by atoms with Gasteiger partial charge in [-0.3, -0.25) is 9.59 Å². The zero-order chi connectivity index (χ0) is 28.4. The van der Waals surface area contributed by atoms with Crippen LogP contribution in [0, 0.1) is 0 Å². The molecule has 0 bridgehead atoms. The van der Waals surface area contributed by atoms with E-state index in [9.17, 15) is 9.59 Å². The van der Waals surface area contributed by atoms with Crippen LogP contribution in [0.2, 0.25) is 0 Å². The van der Waals surface area contributed by atoms with E-state index in [0.717, 1.165) is 19.3 Å². The van der Waals surface area contributed by atoms with Crippen LogP contribution in [0.25, 0.3) is 0 Å². The van der Waals surface area contributed by atoms with E-state index >= 15 is 0 Å². The van der Waals surface area contributed by atoms with Gasteiger partial charge < -0.3 is 9.84 Å². The Morgan fingerprint density at radius 2 is 0.684 bits per heavy atom. The van der Waals surface area contributed by atoms with E-state index in [2.05, 4.69) is 13.8 Å². The maximum absolute atomic E-state index is 11.1. The first-order valence-electron chi connectivity index (χ1n) is 17.0. The lowest BCUT2D eigenvalue weighted by Gasteiger charge is -2.03. The van der Waals surface area contributed by atoms with Crippen molar-refractivity contribution in [3.8, 4) is 0 Å². The van der Waals surface area contributed by atoms with Gasteiger partial charge in [-0.15, -0.1) is 0 Å². The molecule has 0 rings (SSSR count). The zero-order valence-electron chi connectivity index (χ0n) is 26.2. The molecule has 0 aliphatic heterocycles. The van der Waals surface area contributed by atoms with Gasteiger partial charge in [0.25, 0.3) is 0 Å². The van der Waals surface area contributed by atoms with Crippen LogP contribution < -0.4 is 0 Å². The lowest BCUT2D eigenvalue weighted by atomic mass is 10.0. The first kappa shape index (κ1) is 39.1. The summed E-state index contributed by atoms with van der Waals surface area (Å²) in [5, 5.41) is 8.49. The van der Waals surface area contributed by atoms with Gasteiger partial charge in [0.2, 0.25) is 0 Å². The lowest BCUT2D eigenvalue weighted by Crippen LogP contribution is -2.03. The highest BCUT2D eigenvalue weighted by Crippen LogP contribution is 2.14. The maximum Gasteiger partial charge on any atom is 0.305 e. The van der Waals surface area contributed by atoms with Crippen LogP contribution in [0.5, 0.6) is 0 Å². The average Bonchev–Trinajstić information content (AvgIpc) is 2.90. The molecule has 0 aromatic rings. The zero-order valence-corrected chi connectivity index (χ0v) is 26.2. The molecule has 38 heavy (non-hydrogen) atoms. The Bertz CT molecular complexity index is 463. The number of carbonyl (C=O) groups is 2. The van der Waals surface area contributed by atoms with Crippen molar-refractivity contribution >= 4 is 11.9 Å². The van der Waals surface area contributed by atoms with E-state index in [1.54, 1.807) is 0 Å². The van der Waals surface area contributed by atoms with Crippen molar-refractivity contribution in [1.29, 1.82) is 0 Å². The van der Waals surface area contributed by atoms with Crippen molar-refractivity contribution in [2.24, 2.45) is 0 Å². The molecule has 0 amide bonds. The second kappa shape index (κ2) is 35.9. The quantitative estimate of drug-likeness (QED) is 0.0756. The molecule has 0 spiro atoms. The number of rotatable bonds is 29. The molecule has 0 fully saturated rings. The molecular weight excluding hydrogens is 472 g/mol. The summed E-state index contributed by atoms with van der Waals surface area (Å²) in [5.41, 5.74) is 0. The molecule has 0 heterocycles. The molecule has 0 unspecified atom stereocenters. The van der Waals surface area contributed by atoms with Crippen molar-refractivity contribution in [3.05, 3.63) is 0 Å². The second-order valence-electron chi connectivity index (χ2n) is 11.2. The highest BCUT2D eigenvalue weighted by molar-refractivity contribution is 5.69. The van der Waals surface area contributed by atoms with Crippen LogP contribution in [0.15, 0.2) is 0 Å². The second-order valence-corrected chi connectivity index (χ2v) is 11.2. The third-order valence-electron chi connectivity index (χ3n) is 7.28.